The maximum Gasteiger partial charge on any atom is 0.250 e. The first-order valence-corrected chi connectivity index (χ1v) is 8.86. The Morgan fingerprint density at radius 1 is 1.47 bits per heavy atom. The third-order valence-corrected chi connectivity index (χ3v) is 6.26. The summed E-state index contributed by atoms with van der Waals surface area (Å²) in [6.07, 6.45) is 0.128. The Bertz CT molecular complexity index is 533. The highest BCUT2D eigenvalue weighted by Gasteiger charge is 2.18. The summed E-state index contributed by atoms with van der Waals surface area (Å²) < 4.78 is 27.4. The third kappa shape index (κ3) is 5.21. The second kappa shape index (κ2) is 6.83. The van der Waals surface area contributed by atoms with Crippen molar-refractivity contribution in [1.29, 1.82) is 0 Å². The fourth-order valence-electron chi connectivity index (χ4n) is 1.33. The molecular formula is C11H17BrN2O3S2. The zero-order valence-corrected chi connectivity index (χ0v) is 14.2. The average Bonchev–Trinajstić information content (AvgIpc) is 2.58. The van der Waals surface area contributed by atoms with Gasteiger partial charge in [-0.15, -0.1) is 11.3 Å². The normalized spacial score (nSPS) is 11.8. The van der Waals surface area contributed by atoms with Gasteiger partial charge in [-0.3, -0.25) is 4.79 Å². The Labute approximate surface area is 126 Å². The number of halogens is 1. The van der Waals surface area contributed by atoms with E-state index in [2.05, 4.69) is 26.0 Å². The summed E-state index contributed by atoms with van der Waals surface area (Å²) in [7, 11) is -3.53. The van der Waals surface area contributed by atoms with Crippen LogP contribution in [0.2, 0.25) is 0 Å². The van der Waals surface area contributed by atoms with E-state index in [1.165, 1.54) is 0 Å². The van der Waals surface area contributed by atoms with Gasteiger partial charge in [0.2, 0.25) is 15.9 Å². The van der Waals surface area contributed by atoms with Crippen LogP contribution in [0.3, 0.4) is 0 Å². The summed E-state index contributed by atoms with van der Waals surface area (Å²) in [5.41, 5.74) is 0.878. The van der Waals surface area contributed by atoms with Gasteiger partial charge in [-0.1, -0.05) is 0 Å². The van der Waals surface area contributed by atoms with Crippen molar-refractivity contribution in [3.05, 3.63) is 15.4 Å². The predicted molar refractivity (Wildman–Crippen MR) is 79.8 cm³/mol. The van der Waals surface area contributed by atoms with Crippen LogP contribution in [-0.2, 0) is 14.8 Å². The molecule has 0 atom stereocenters. The number of thiophene rings is 1. The molecule has 1 amide bonds. The van der Waals surface area contributed by atoms with Gasteiger partial charge < -0.3 is 5.32 Å². The minimum Gasteiger partial charge on any atom is -0.354 e. The highest BCUT2D eigenvalue weighted by Crippen LogP contribution is 2.30. The van der Waals surface area contributed by atoms with Crippen LogP contribution >= 0.6 is 27.3 Å². The summed E-state index contributed by atoms with van der Waals surface area (Å²) in [5.74, 6) is -0.166. The molecular weight excluding hydrogens is 352 g/mol. The summed E-state index contributed by atoms with van der Waals surface area (Å²) in [6.45, 7) is 5.63. The largest absolute Gasteiger partial charge is 0.354 e. The molecule has 2 N–H and O–H groups in total. The van der Waals surface area contributed by atoms with E-state index < -0.39 is 10.0 Å². The molecule has 0 aliphatic rings. The second-order valence-corrected chi connectivity index (χ2v) is 8.76. The Morgan fingerprint density at radius 2 is 2.11 bits per heavy atom. The van der Waals surface area contributed by atoms with Crippen LogP contribution in [0.15, 0.2) is 14.1 Å². The van der Waals surface area contributed by atoms with Crippen molar-refractivity contribution >= 4 is 43.2 Å². The minimum absolute atomic E-state index is 0.0556. The fourth-order valence-corrected chi connectivity index (χ4v) is 4.63. The van der Waals surface area contributed by atoms with Gasteiger partial charge in [0.15, 0.2) is 0 Å². The van der Waals surface area contributed by atoms with Crippen LogP contribution in [0, 0.1) is 6.92 Å². The number of carbonyl (C=O) groups excluding carboxylic acids is 1. The van der Waals surface area contributed by atoms with Crippen LogP contribution < -0.4 is 10.0 Å². The summed E-state index contributed by atoms with van der Waals surface area (Å²) in [5, 5.41) is 2.70. The molecule has 0 aromatic carbocycles. The highest BCUT2D eigenvalue weighted by molar-refractivity contribution is 9.11. The van der Waals surface area contributed by atoms with Crippen LogP contribution in [-0.4, -0.2) is 26.9 Å². The molecule has 19 heavy (non-hydrogen) atoms. The zero-order valence-electron chi connectivity index (χ0n) is 11.0. The molecule has 0 saturated heterocycles. The standard InChI is InChI=1S/C11H17BrN2O3S2/c1-7(2)14-9(15)4-5-13-19(16,17)10-6-8(3)11(12)18-10/h6-7,13H,4-5H2,1-3H3,(H,14,15). The summed E-state index contributed by atoms with van der Waals surface area (Å²) in [6, 6.07) is 1.66. The number of rotatable bonds is 6. The van der Waals surface area contributed by atoms with Crippen LogP contribution in [0.5, 0.6) is 0 Å². The molecule has 0 fully saturated rings. The average molecular weight is 369 g/mol. The molecule has 0 saturated carbocycles. The van der Waals surface area contributed by atoms with Gasteiger partial charge >= 0.3 is 0 Å². The van der Waals surface area contributed by atoms with Crippen molar-refractivity contribution in [1.82, 2.24) is 10.0 Å². The third-order valence-electron chi connectivity index (χ3n) is 2.19. The van der Waals surface area contributed by atoms with Gasteiger partial charge in [0, 0.05) is 19.0 Å². The summed E-state index contributed by atoms with van der Waals surface area (Å²) in [4.78, 5) is 11.4. The van der Waals surface area contributed by atoms with E-state index in [1.807, 2.05) is 20.8 Å². The van der Waals surface area contributed by atoms with E-state index in [4.69, 9.17) is 0 Å². The van der Waals surface area contributed by atoms with Gasteiger partial charge in [0.05, 0.1) is 3.79 Å². The van der Waals surface area contributed by atoms with E-state index in [9.17, 15) is 13.2 Å². The maximum absolute atomic E-state index is 11.9. The molecule has 1 aromatic rings. The van der Waals surface area contributed by atoms with E-state index in [0.717, 1.165) is 20.7 Å². The van der Waals surface area contributed by atoms with Crippen molar-refractivity contribution in [2.75, 3.05) is 6.54 Å². The monoisotopic (exact) mass is 368 g/mol. The smallest absolute Gasteiger partial charge is 0.250 e. The molecule has 8 heteroatoms. The first kappa shape index (κ1) is 16.6. The molecule has 0 radical (unpaired) electrons. The molecule has 108 valence electrons. The van der Waals surface area contributed by atoms with Crippen molar-refractivity contribution in [2.45, 2.75) is 37.4 Å². The van der Waals surface area contributed by atoms with Crippen molar-refractivity contribution < 1.29 is 13.2 Å². The second-order valence-electron chi connectivity index (χ2n) is 4.39. The maximum atomic E-state index is 11.9. The summed E-state index contributed by atoms with van der Waals surface area (Å²) >= 11 is 4.45. The minimum atomic E-state index is -3.53. The van der Waals surface area contributed by atoms with Crippen molar-refractivity contribution in [2.24, 2.45) is 0 Å². The molecule has 1 heterocycles. The van der Waals surface area contributed by atoms with E-state index in [0.29, 0.717) is 0 Å². The van der Waals surface area contributed by atoms with E-state index >= 15 is 0 Å². The fraction of sp³-hybridized carbons (Fsp3) is 0.545. The van der Waals surface area contributed by atoms with Gasteiger partial charge in [-0.2, -0.15) is 0 Å². The molecule has 0 aliphatic heterocycles. The molecule has 1 rings (SSSR count). The number of nitrogens with one attached hydrogen (secondary N) is 2. The zero-order chi connectivity index (χ0) is 14.6. The van der Waals surface area contributed by atoms with Crippen LogP contribution in [0.4, 0.5) is 0 Å². The number of aryl methyl sites for hydroxylation is 1. The first-order valence-electron chi connectivity index (χ1n) is 5.77. The molecule has 0 aliphatic carbocycles. The Hall–Kier alpha value is -0.440. The SMILES string of the molecule is Cc1cc(S(=O)(=O)NCCC(=O)NC(C)C)sc1Br. The first-order chi connectivity index (χ1) is 8.72. The highest BCUT2D eigenvalue weighted by atomic mass is 79.9. The predicted octanol–water partition coefficient (Wildman–Crippen LogP) is 2.01. The lowest BCUT2D eigenvalue weighted by molar-refractivity contribution is -0.121. The van der Waals surface area contributed by atoms with Crippen molar-refractivity contribution in [3.63, 3.8) is 0 Å². The number of sulfonamides is 1. The number of amides is 1. The Balaban J connectivity index is 2.55. The molecule has 1 aromatic heterocycles. The number of hydrogen-bond donors (Lipinski definition) is 2. The number of carbonyl (C=O) groups is 1. The lowest BCUT2D eigenvalue weighted by atomic mass is 10.3. The topological polar surface area (TPSA) is 75.3 Å². The molecule has 5 nitrogen and oxygen atoms in total. The van der Waals surface area contributed by atoms with Gasteiger partial charge in [-0.25, -0.2) is 13.1 Å². The van der Waals surface area contributed by atoms with E-state index in [1.54, 1.807) is 6.07 Å². The lowest BCUT2D eigenvalue weighted by Crippen LogP contribution is -2.33. The van der Waals surface area contributed by atoms with Crippen LogP contribution in [0.1, 0.15) is 25.8 Å². The molecule has 0 spiro atoms. The van der Waals surface area contributed by atoms with Gasteiger partial charge in [-0.05, 0) is 48.3 Å². The van der Waals surface area contributed by atoms with Gasteiger partial charge in [0.1, 0.15) is 4.21 Å². The van der Waals surface area contributed by atoms with Crippen molar-refractivity contribution in [3.8, 4) is 0 Å². The van der Waals surface area contributed by atoms with Crippen LogP contribution in [0.25, 0.3) is 0 Å². The molecule has 0 bridgehead atoms. The molecule has 0 unspecified atom stereocenters. The lowest BCUT2D eigenvalue weighted by Gasteiger charge is -2.08. The quantitative estimate of drug-likeness (QED) is 0.806. The Morgan fingerprint density at radius 3 is 2.58 bits per heavy atom. The van der Waals surface area contributed by atoms with E-state index in [-0.39, 0.29) is 29.1 Å². The Kier molecular flexibility index (Phi) is 5.97. The van der Waals surface area contributed by atoms with Gasteiger partial charge in [0.25, 0.3) is 0 Å². The number of hydrogen-bond acceptors (Lipinski definition) is 4.